The Labute approximate surface area is 171 Å². The smallest absolute Gasteiger partial charge is 0.238 e. The maximum absolute atomic E-state index is 12.5. The summed E-state index contributed by atoms with van der Waals surface area (Å²) >= 11 is 3.32. The zero-order valence-electron chi connectivity index (χ0n) is 15.2. The molecule has 2 amide bonds. The number of piperidine rings is 1. The van der Waals surface area contributed by atoms with Crippen LogP contribution in [0.25, 0.3) is 0 Å². The summed E-state index contributed by atoms with van der Waals surface area (Å²) in [5, 5.41) is 14.5. The molecule has 7 nitrogen and oxygen atoms in total. The van der Waals surface area contributed by atoms with Crippen LogP contribution < -0.4 is 10.6 Å². The molecule has 0 radical (unpaired) electrons. The Kier molecular flexibility index (Phi) is 6.74. The number of benzene rings is 1. The fraction of sp³-hybridized carbons (Fsp3) is 0.300. The van der Waals surface area contributed by atoms with Gasteiger partial charge in [0, 0.05) is 22.9 Å². The minimum Gasteiger partial charge on any atom is -0.325 e. The molecule has 8 heteroatoms. The summed E-state index contributed by atoms with van der Waals surface area (Å²) < 4.78 is 0.850. The van der Waals surface area contributed by atoms with E-state index in [0.29, 0.717) is 23.6 Å². The number of nitrogens with one attached hydrogen (secondary N) is 2. The van der Waals surface area contributed by atoms with Crippen molar-refractivity contribution >= 4 is 39.2 Å². The number of likely N-dealkylation sites (tertiary alicyclic amines) is 1. The van der Waals surface area contributed by atoms with Gasteiger partial charge in [-0.05, 0) is 71.7 Å². The van der Waals surface area contributed by atoms with E-state index in [2.05, 4.69) is 31.5 Å². The largest absolute Gasteiger partial charge is 0.325 e. The Bertz CT molecular complexity index is 877. The molecule has 1 aliphatic heterocycles. The van der Waals surface area contributed by atoms with Crippen molar-refractivity contribution in [3.8, 4) is 6.07 Å². The predicted octanol–water partition coefficient (Wildman–Crippen LogP) is 3.00. The molecular weight excluding hydrogens is 422 g/mol. The molecule has 2 N–H and O–H groups in total. The maximum Gasteiger partial charge on any atom is 0.238 e. The molecule has 0 aliphatic carbocycles. The lowest BCUT2D eigenvalue weighted by Gasteiger charge is -2.31. The van der Waals surface area contributed by atoms with E-state index in [1.807, 2.05) is 17.0 Å². The van der Waals surface area contributed by atoms with E-state index in [0.717, 1.165) is 23.9 Å². The monoisotopic (exact) mass is 441 g/mol. The summed E-state index contributed by atoms with van der Waals surface area (Å²) in [4.78, 5) is 31.0. The highest BCUT2D eigenvalue weighted by atomic mass is 79.9. The van der Waals surface area contributed by atoms with Crippen LogP contribution in [-0.2, 0) is 9.59 Å². The van der Waals surface area contributed by atoms with Crippen molar-refractivity contribution in [2.45, 2.75) is 12.8 Å². The van der Waals surface area contributed by atoms with Crippen LogP contribution in [0.3, 0.4) is 0 Å². The Hall–Kier alpha value is -2.76. The van der Waals surface area contributed by atoms with Crippen molar-refractivity contribution in [2.24, 2.45) is 5.92 Å². The topological polar surface area (TPSA) is 98.1 Å². The first-order valence-corrected chi connectivity index (χ1v) is 9.77. The number of carbonyl (C=O) groups excluding carboxylic acids is 2. The number of rotatable bonds is 5. The van der Waals surface area contributed by atoms with E-state index in [-0.39, 0.29) is 24.3 Å². The summed E-state index contributed by atoms with van der Waals surface area (Å²) in [5.74, 6) is 0.123. The van der Waals surface area contributed by atoms with Crippen LogP contribution in [0, 0.1) is 17.2 Å². The van der Waals surface area contributed by atoms with E-state index in [1.54, 1.807) is 36.5 Å². The van der Waals surface area contributed by atoms with E-state index in [9.17, 15) is 9.59 Å². The molecule has 1 aromatic heterocycles. The Balaban J connectivity index is 1.50. The van der Waals surface area contributed by atoms with Gasteiger partial charge < -0.3 is 10.6 Å². The molecule has 0 saturated carbocycles. The number of halogens is 1. The standard InChI is InChI=1S/C20H20BrN5O2/c21-16-5-8-18(23-11-16)25-20(28)15-2-1-9-26(12-15)13-19(27)24-17-6-3-14(10-22)4-7-17/h3-8,11,15H,1-2,9,12-13H2,(H,24,27)(H,23,25,28). The number of carbonyl (C=O) groups is 2. The first-order valence-electron chi connectivity index (χ1n) is 8.98. The molecular formula is C20H20BrN5O2. The summed E-state index contributed by atoms with van der Waals surface area (Å²) in [5.41, 5.74) is 1.19. The third-order valence-corrected chi connectivity index (χ3v) is 4.99. The molecule has 0 spiro atoms. The van der Waals surface area contributed by atoms with Gasteiger partial charge in [0.05, 0.1) is 24.1 Å². The average Bonchev–Trinajstić information content (AvgIpc) is 2.70. The van der Waals surface area contributed by atoms with Gasteiger partial charge in [-0.25, -0.2) is 4.98 Å². The number of nitriles is 1. The highest BCUT2D eigenvalue weighted by Crippen LogP contribution is 2.19. The fourth-order valence-electron chi connectivity index (χ4n) is 3.12. The molecule has 1 unspecified atom stereocenters. The van der Waals surface area contributed by atoms with Crippen LogP contribution in [0.15, 0.2) is 47.1 Å². The van der Waals surface area contributed by atoms with Crippen LogP contribution >= 0.6 is 15.9 Å². The van der Waals surface area contributed by atoms with Gasteiger partial charge in [-0.2, -0.15) is 5.26 Å². The first-order chi connectivity index (χ1) is 13.5. The first kappa shape index (κ1) is 20.0. The van der Waals surface area contributed by atoms with Gasteiger partial charge in [0.15, 0.2) is 0 Å². The number of nitrogens with zero attached hydrogens (tertiary/aromatic N) is 3. The second-order valence-electron chi connectivity index (χ2n) is 6.66. The molecule has 3 rings (SSSR count). The fourth-order valence-corrected chi connectivity index (χ4v) is 3.36. The molecule has 1 aromatic carbocycles. The Morgan fingerprint density at radius 1 is 1.21 bits per heavy atom. The number of aromatic nitrogens is 1. The molecule has 1 atom stereocenters. The summed E-state index contributed by atoms with van der Waals surface area (Å²) in [6, 6.07) is 12.3. The highest BCUT2D eigenvalue weighted by molar-refractivity contribution is 9.10. The van der Waals surface area contributed by atoms with Gasteiger partial charge in [-0.1, -0.05) is 0 Å². The van der Waals surface area contributed by atoms with Crippen molar-refractivity contribution in [3.63, 3.8) is 0 Å². The van der Waals surface area contributed by atoms with Gasteiger partial charge in [-0.3, -0.25) is 14.5 Å². The second kappa shape index (κ2) is 9.44. The van der Waals surface area contributed by atoms with Crippen LogP contribution in [-0.4, -0.2) is 41.3 Å². The lowest BCUT2D eigenvalue weighted by atomic mass is 9.97. The van der Waals surface area contributed by atoms with E-state index < -0.39 is 0 Å². The molecule has 1 aliphatic rings. The quantitative estimate of drug-likeness (QED) is 0.742. The minimum absolute atomic E-state index is 0.0768. The number of anilines is 2. The van der Waals surface area contributed by atoms with Gasteiger partial charge >= 0.3 is 0 Å². The van der Waals surface area contributed by atoms with Crippen molar-refractivity contribution in [1.29, 1.82) is 5.26 Å². The van der Waals surface area contributed by atoms with Gasteiger partial charge in [0.1, 0.15) is 5.82 Å². The van der Waals surface area contributed by atoms with Crippen molar-refractivity contribution in [2.75, 3.05) is 30.3 Å². The van der Waals surface area contributed by atoms with Crippen molar-refractivity contribution < 1.29 is 9.59 Å². The Morgan fingerprint density at radius 3 is 2.68 bits per heavy atom. The number of hydrogen-bond donors (Lipinski definition) is 2. The van der Waals surface area contributed by atoms with Gasteiger partial charge in [0.2, 0.25) is 11.8 Å². The van der Waals surface area contributed by atoms with Crippen LogP contribution in [0.4, 0.5) is 11.5 Å². The zero-order valence-corrected chi connectivity index (χ0v) is 16.8. The lowest BCUT2D eigenvalue weighted by molar-refractivity contribution is -0.123. The van der Waals surface area contributed by atoms with E-state index in [4.69, 9.17) is 5.26 Å². The zero-order chi connectivity index (χ0) is 19.9. The van der Waals surface area contributed by atoms with Crippen LogP contribution in [0.5, 0.6) is 0 Å². The normalized spacial score (nSPS) is 16.8. The number of amides is 2. The molecule has 144 valence electrons. The summed E-state index contributed by atoms with van der Waals surface area (Å²) in [7, 11) is 0. The van der Waals surface area contributed by atoms with Crippen LogP contribution in [0.1, 0.15) is 18.4 Å². The van der Waals surface area contributed by atoms with Crippen molar-refractivity contribution in [1.82, 2.24) is 9.88 Å². The molecule has 2 heterocycles. The lowest BCUT2D eigenvalue weighted by Crippen LogP contribution is -2.44. The third kappa shape index (κ3) is 5.62. The average molecular weight is 442 g/mol. The SMILES string of the molecule is N#Cc1ccc(NC(=O)CN2CCCC(C(=O)Nc3ccc(Br)cn3)C2)cc1. The molecule has 2 aromatic rings. The summed E-state index contributed by atoms with van der Waals surface area (Å²) in [6.07, 6.45) is 3.28. The minimum atomic E-state index is -0.179. The van der Waals surface area contributed by atoms with E-state index in [1.165, 1.54) is 0 Å². The summed E-state index contributed by atoms with van der Waals surface area (Å²) in [6.45, 7) is 1.53. The molecule has 0 bridgehead atoms. The molecule has 28 heavy (non-hydrogen) atoms. The van der Waals surface area contributed by atoms with E-state index >= 15 is 0 Å². The predicted molar refractivity (Wildman–Crippen MR) is 110 cm³/mol. The Morgan fingerprint density at radius 2 is 2.00 bits per heavy atom. The molecule has 1 saturated heterocycles. The third-order valence-electron chi connectivity index (χ3n) is 4.52. The maximum atomic E-state index is 12.5. The highest BCUT2D eigenvalue weighted by Gasteiger charge is 2.27. The van der Waals surface area contributed by atoms with Gasteiger partial charge in [0.25, 0.3) is 0 Å². The number of pyridine rings is 1. The molecule has 1 fully saturated rings. The van der Waals surface area contributed by atoms with Crippen LogP contribution in [0.2, 0.25) is 0 Å². The van der Waals surface area contributed by atoms with Crippen molar-refractivity contribution in [3.05, 3.63) is 52.6 Å². The van der Waals surface area contributed by atoms with Gasteiger partial charge in [-0.15, -0.1) is 0 Å². The number of hydrogen-bond acceptors (Lipinski definition) is 5. The second-order valence-corrected chi connectivity index (χ2v) is 7.58.